The Kier molecular flexibility index (Phi) is 2.19. The molecule has 0 aromatic carbocycles. The fourth-order valence-electron chi connectivity index (χ4n) is 0.161. The average Bonchev–Trinajstić information content (AvgIpc) is 1.58. The molecule has 0 spiro atoms. The Morgan fingerprint density at radius 2 is 1.00 bits per heavy atom. The van der Waals surface area contributed by atoms with Gasteiger partial charge in [0.15, 0.2) is 5.41 Å². The highest BCUT2D eigenvalue weighted by Gasteiger charge is 2.64. The minimum absolute atomic E-state index is 0.00694. The largest absolute Gasteiger partial charge is 0.402 e. The van der Waals surface area contributed by atoms with Crippen molar-refractivity contribution in [1.29, 1.82) is 0 Å². The molecule has 0 fully saturated rings. The van der Waals surface area contributed by atoms with E-state index in [1.54, 1.807) is 0 Å². The lowest BCUT2D eigenvalue weighted by atomic mass is 9.92. The summed E-state index contributed by atoms with van der Waals surface area (Å²) in [5, 5.41) is 0. The Balaban J connectivity index is 4.75. The van der Waals surface area contributed by atoms with E-state index < -0.39 is 17.8 Å². The van der Waals surface area contributed by atoms with E-state index in [0.717, 1.165) is 0 Å². The Morgan fingerprint density at radius 3 is 1.00 bits per heavy atom. The molecule has 0 heterocycles. The number of alkyl halides is 6. The van der Waals surface area contributed by atoms with Crippen LogP contribution in [0, 0.1) is 12.3 Å². The van der Waals surface area contributed by atoms with E-state index in [-0.39, 0.29) is 6.92 Å². The van der Waals surface area contributed by atoms with Gasteiger partial charge in [-0.3, -0.25) is 0 Å². The predicted octanol–water partition coefficient (Wildman–Crippen LogP) is 2.95. The molecule has 0 atom stereocenters. The maximum atomic E-state index is 11.5. The fraction of sp³-hybridized carbons (Fsp3) is 0.800. The van der Waals surface area contributed by atoms with Gasteiger partial charge in [0.25, 0.3) is 0 Å². The molecule has 0 amide bonds. The van der Waals surface area contributed by atoms with Crippen LogP contribution >= 0.6 is 0 Å². The number of hydrogen-bond acceptors (Lipinski definition) is 0. The average molecular weight is 179 g/mol. The monoisotopic (exact) mass is 179 g/mol. The second-order valence-electron chi connectivity index (χ2n) is 2.33. The minimum atomic E-state index is -5.36. The molecule has 0 bridgehead atoms. The van der Waals surface area contributed by atoms with Crippen LogP contribution in [-0.2, 0) is 0 Å². The Bertz CT molecular complexity index is 122. The van der Waals surface area contributed by atoms with Gasteiger partial charge >= 0.3 is 12.4 Å². The smallest absolute Gasteiger partial charge is 0.170 e. The minimum Gasteiger partial charge on any atom is -0.170 e. The highest BCUT2D eigenvalue weighted by molar-refractivity contribution is 4.91. The molecular formula is C5H5F6. The summed E-state index contributed by atoms with van der Waals surface area (Å²) in [5.41, 5.74) is -3.88. The van der Waals surface area contributed by atoms with E-state index in [2.05, 4.69) is 6.92 Å². The van der Waals surface area contributed by atoms with Crippen LogP contribution in [0.5, 0.6) is 0 Å². The number of hydrogen-bond donors (Lipinski definition) is 0. The van der Waals surface area contributed by atoms with Gasteiger partial charge in [-0.1, -0.05) is 0 Å². The van der Waals surface area contributed by atoms with Crippen molar-refractivity contribution in [3.63, 3.8) is 0 Å². The topological polar surface area (TPSA) is 0 Å². The molecule has 0 aliphatic carbocycles. The second-order valence-corrected chi connectivity index (χ2v) is 2.33. The normalized spacial score (nSPS) is 15.3. The van der Waals surface area contributed by atoms with E-state index in [0.29, 0.717) is 0 Å². The van der Waals surface area contributed by atoms with Crippen LogP contribution in [0.2, 0.25) is 0 Å². The Labute approximate surface area is 59.2 Å². The third kappa shape index (κ3) is 1.78. The zero-order chi connectivity index (χ0) is 9.50. The van der Waals surface area contributed by atoms with Crippen molar-refractivity contribution in [3.05, 3.63) is 6.92 Å². The van der Waals surface area contributed by atoms with E-state index in [1.807, 2.05) is 0 Å². The zero-order valence-electron chi connectivity index (χ0n) is 5.47. The van der Waals surface area contributed by atoms with Crippen LogP contribution in [-0.4, -0.2) is 12.4 Å². The first kappa shape index (κ1) is 10.6. The highest BCUT2D eigenvalue weighted by Crippen LogP contribution is 2.48. The van der Waals surface area contributed by atoms with Gasteiger partial charge in [0, 0.05) is 0 Å². The first-order valence-corrected chi connectivity index (χ1v) is 2.49. The number of halogens is 6. The summed E-state index contributed by atoms with van der Waals surface area (Å²) in [6.07, 6.45) is -10.7. The molecular weight excluding hydrogens is 174 g/mol. The zero-order valence-corrected chi connectivity index (χ0v) is 5.47. The Hall–Kier alpha value is -0.420. The Morgan fingerprint density at radius 1 is 0.818 bits per heavy atom. The predicted molar refractivity (Wildman–Crippen MR) is 25.6 cm³/mol. The molecule has 0 saturated heterocycles. The highest BCUT2D eigenvalue weighted by atomic mass is 19.4. The fourth-order valence-corrected chi connectivity index (χ4v) is 0.161. The molecule has 0 aromatic heterocycles. The third-order valence-electron chi connectivity index (χ3n) is 1.25. The third-order valence-corrected chi connectivity index (χ3v) is 1.25. The summed E-state index contributed by atoms with van der Waals surface area (Å²) < 4.78 is 69.3. The quantitative estimate of drug-likeness (QED) is 0.501. The lowest BCUT2D eigenvalue weighted by Crippen LogP contribution is -2.45. The number of rotatable bonds is 0. The molecule has 67 valence electrons. The van der Waals surface area contributed by atoms with Gasteiger partial charge < -0.3 is 0 Å². The molecule has 0 rings (SSSR count). The summed E-state index contributed by atoms with van der Waals surface area (Å²) in [5.74, 6) is 0. The van der Waals surface area contributed by atoms with Crippen LogP contribution in [0.25, 0.3) is 0 Å². The van der Waals surface area contributed by atoms with E-state index >= 15 is 0 Å². The molecule has 0 unspecified atom stereocenters. The van der Waals surface area contributed by atoms with Crippen LogP contribution in [0.3, 0.4) is 0 Å². The first-order chi connectivity index (χ1) is 4.50. The van der Waals surface area contributed by atoms with Gasteiger partial charge in [0.1, 0.15) is 0 Å². The van der Waals surface area contributed by atoms with Crippen LogP contribution in [0.4, 0.5) is 26.3 Å². The van der Waals surface area contributed by atoms with Gasteiger partial charge in [-0.15, -0.1) is 0 Å². The maximum Gasteiger partial charge on any atom is 0.402 e. The van der Waals surface area contributed by atoms with Crippen molar-refractivity contribution >= 4 is 0 Å². The van der Waals surface area contributed by atoms with E-state index in [9.17, 15) is 26.3 Å². The lowest BCUT2D eigenvalue weighted by molar-refractivity contribution is -0.316. The summed E-state index contributed by atoms with van der Waals surface area (Å²) >= 11 is 0. The SMILES string of the molecule is [CH2]C(C)(C(F)(F)F)C(F)(F)F. The van der Waals surface area contributed by atoms with Crippen molar-refractivity contribution in [2.24, 2.45) is 5.41 Å². The van der Waals surface area contributed by atoms with E-state index in [4.69, 9.17) is 0 Å². The molecule has 1 radical (unpaired) electrons. The van der Waals surface area contributed by atoms with Gasteiger partial charge in [0.05, 0.1) is 0 Å². The van der Waals surface area contributed by atoms with Crippen molar-refractivity contribution in [1.82, 2.24) is 0 Å². The molecule has 11 heavy (non-hydrogen) atoms. The van der Waals surface area contributed by atoms with Crippen LogP contribution in [0.15, 0.2) is 0 Å². The van der Waals surface area contributed by atoms with Crippen molar-refractivity contribution in [2.75, 3.05) is 0 Å². The maximum absolute atomic E-state index is 11.5. The molecule has 0 aromatic rings. The van der Waals surface area contributed by atoms with Gasteiger partial charge in [-0.25, -0.2) is 0 Å². The molecule has 0 aliphatic heterocycles. The van der Waals surface area contributed by atoms with Crippen molar-refractivity contribution < 1.29 is 26.3 Å². The van der Waals surface area contributed by atoms with Crippen LogP contribution < -0.4 is 0 Å². The van der Waals surface area contributed by atoms with Gasteiger partial charge in [-0.05, 0) is 13.8 Å². The molecule has 6 heteroatoms. The van der Waals surface area contributed by atoms with Gasteiger partial charge in [0.2, 0.25) is 0 Å². The molecule has 0 N–H and O–H groups in total. The lowest BCUT2D eigenvalue weighted by Gasteiger charge is -2.29. The first-order valence-electron chi connectivity index (χ1n) is 2.49. The standard InChI is InChI=1S/C5H5F6/c1-3(2,4(6,7)8)5(9,10)11/h1H2,2H3. The van der Waals surface area contributed by atoms with Crippen molar-refractivity contribution in [3.8, 4) is 0 Å². The summed E-state index contributed by atoms with van der Waals surface area (Å²) in [6.45, 7) is 2.06. The summed E-state index contributed by atoms with van der Waals surface area (Å²) in [4.78, 5) is 0. The second kappa shape index (κ2) is 2.28. The van der Waals surface area contributed by atoms with Crippen molar-refractivity contribution in [2.45, 2.75) is 19.3 Å². The molecule has 0 nitrogen and oxygen atoms in total. The molecule has 0 aliphatic rings. The summed E-state index contributed by atoms with van der Waals surface area (Å²) in [6, 6.07) is 0. The summed E-state index contributed by atoms with van der Waals surface area (Å²) in [7, 11) is 0. The van der Waals surface area contributed by atoms with Crippen LogP contribution in [0.1, 0.15) is 6.92 Å². The molecule has 0 saturated carbocycles. The van der Waals surface area contributed by atoms with E-state index in [1.165, 1.54) is 0 Å². The van der Waals surface area contributed by atoms with Gasteiger partial charge in [-0.2, -0.15) is 26.3 Å².